The fourth-order valence-electron chi connectivity index (χ4n) is 2.55. The van der Waals surface area contributed by atoms with Crippen LogP contribution in [0.25, 0.3) is 0 Å². The molecule has 1 aliphatic rings. The van der Waals surface area contributed by atoms with Gasteiger partial charge in [0, 0.05) is 26.1 Å². The molecule has 1 aliphatic heterocycles. The highest BCUT2D eigenvalue weighted by molar-refractivity contribution is 5.78. The third kappa shape index (κ3) is 4.94. The van der Waals surface area contributed by atoms with E-state index >= 15 is 0 Å². The Morgan fingerprint density at radius 1 is 1.44 bits per heavy atom. The van der Waals surface area contributed by atoms with Crippen LogP contribution in [0.4, 0.5) is 0 Å². The Kier molecular flexibility index (Phi) is 6.65. The summed E-state index contributed by atoms with van der Waals surface area (Å²) in [6, 6.07) is 0. The van der Waals surface area contributed by atoms with Crippen molar-refractivity contribution in [3.05, 3.63) is 0 Å². The number of nitrogens with zero attached hydrogens (tertiary/aromatic N) is 2. The van der Waals surface area contributed by atoms with Crippen molar-refractivity contribution in [2.45, 2.75) is 26.7 Å². The van der Waals surface area contributed by atoms with E-state index in [1.54, 1.807) is 0 Å². The minimum atomic E-state index is 0.0845. The van der Waals surface area contributed by atoms with Crippen LogP contribution in [0.3, 0.4) is 0 Å². The maximum absolute atomic E-state index is 12.2. The summed E-state index contributed by atoms with van der Waals surface area (Å²) in [5, 5.41) is 3.24. The molecule has 1 amide bonds. The van der Waals surface area contributed by atoms with Gasteiger partial charge in [-0.25, -0.2) is 0 Å². The molecular formula is C14H29N3O. The average molecular weight is 255 g/mol. The SMILES string of the molecule is CCNCC(C)C(=O)N(C)CC1CCN(C)CC1. The van der Waals surface area contributed by atoms with Crippen molar-refractivity contribution < 1.29 is 4.79 Å². The van der Waals surface area contributed by atoms with Crippen molar-refractivity contribution in [1.82, 2.24) is 15.1 Å². The Hall–Kier alpha value is -0.610. The van der Waals surface area contributed by atoms with Crippen molar-refractivity contribution in [1.29, 1.82) is 0 Å². The summed E-state index contributed by atoms with van der Waals surface area (Å²) in [5.74, 6) is 1.04. The second-order valence-corrected chi connectivity index (χ2v) is 5.67. The molecule has 1 saturated heterocycles. The normalized spacial score (nSPS) is 19.8. The number of rotatable bonds is 6. The van der Waals surface area contributed by atoms with Gasteiger partial charge in [-0.05, 0) is 45.4 Å². The van der Waals surface area contributed by atoms with E-state index in [2.05, 4.69) is 24.2 Å². The number of hydrogen-bond acceptors (Lipinski definition) is 3. The molecule has 0 aromatic rings. The van der Waals surface area contributed by atoms with E-state index in [0.717, 1.165) is 19.6 Å². The van der Waals surface area contributed by atoms with E-state index < -0.39 is 0 Å². The molecule has 0 spiro atoms. The van der Waals surface area contributed by atoms with Gasteiger partial charge in [0.05, 0.1) is 0 Å². The zero-order valence-electron chi connectivity index (χ0n) is 12.4. The van der Waals surface area contributed by atoms with Gasteiger partial charge in [-0.1, -0.05) is 13.8 Å². The predicted octanol–water partition coefficient (Wildman–Crippen LogP) is 1.03. The molecule has 0 saturated carbocycles. The lowest BCUT2D eigenvalue weighted by molar-refractivity contribution is -0.134. The fraction of sp³-hybridized carbons (Fsp3) is 0.929. The summed E-state index contributed by atoms with van der Waals surface area (Å²) in [4.78, 5) is 16.5. The molecule has 0 aliphatic carbocycles. The fourth-order valence-corrected chi connectivity index (χ4v) is 2.55. The van der Waals surface area contributed by atoms with Gasteiger partial charge in [-0.2, -0.15) is 0 Å². The predicted molar refractivity (Wildman–Crippen MR) is 75.6 cm³/mol. The van der Waals surface area contributed by atoms with Crippen molar-refractivity contribution in [3.8, 4) is 0 Å². The standard InChI is InChI=1S/C14H29N3O/c1-5-15-10-12(2)14(18)17(4)11-13-6-8-16(3)9-7-13/h12-13,15H,5-11H2,1-4H3. The molecule has 0 aromatic carbocycles. The molecule has 1 rings (SSSR count). The topological polar surface area (TPSA) is 35.6 Å². The molecular weight excluding hydrogens is 226 g/mol. The van der Waals surface area contributed by atoms with E-state index in [0.29, 0.717) is 5.92 Å². The molecule has 1 heterocycles. The van der Waals surface area contributed by atoms with Gasteiger partial charge in [0.2, 0.25) is 5.91 Å². The number of likely N-dealkylation sites (tertiary alicyclic amines) is 1. The van der Waals surface area contributed by atoms with Crippen LogP contribution in [-0.2, 0) is 4.79 Å². The van der Waals surface area contributed by atoms with Crippen LogP contribution in [0.15, 0.2) is 0 Å². The Morgan fingerprint density at radius 3 is 2.61 bits per heavy atom. The smallest absolute Gasteiger partial charge is 0.226 e. The lowest BCUT2D eigenvalue weighted by Crippen LogP contribution is -2.41. The van der Waals surface area contributed by atoms with E-state index in [1.165, 1.54) is 25.9 Å². The van der Waals surface area contributed by atoms with Crippen LogP contribution in [0.1, 0.15) is 26.7 Å². The summed E-state index contributed by atoms with van der Waals surface area (Å²) in [6.07, 6.45) is 2.44. The highest BCUT2D eigenvalue weighted by atomic mass is 16.2. The van der Waals surface area contributed by atoms with Crippen LogP contribution in [-0.4, -0.2) is 62.5 Å². The monoisotopic (exact) mass is 255 g/mol. The van der Waals surface area contributed by atoms with Crippen LogP contribution in [0.2, 0.25) is 0 Å². The van der Waals surface area contributed by atoms with E-state index in [-0.39, 0.29) is 11.8 Å². The Morgan fingerprint density at radius 2 is 2.06 bits per heavy atom. The van der Waals surface area contributed by atoms with Crippen LogP contribution in [0.5, 0.6) is 0 Å². The number of hydrogen-bond donors (Lipinski definition) is 1. The second kappa shape index (κ2) is 7.74. The molecule has 0 radical (unpaired) electrons. The number of carbonyl (C=O) groups is 1. The maximum Gasteiger partial charge on any atom is 0.226 e. The Labute approximate surface area is 112 Å². The molecule has 4 heteroatoms. The first-order chi connectivity index (χ1) is 8.54. The maximum atomic E-state index is 12.2. The largest absolute Gasteiger partial charge is 0.345 e. The summed E-state index contributed by atoms with van der Waals surface area (Å²) in [6.45, 7) is 9.04. The summed E-state index contributed by atoms with van der Waals surface area (Å²) < 4.78 is 0. The second-order valence-electron chi connectivity index (χ2n) is 5.67. The van der Waals surface area contributed by atoms with Gasteiger partial charge in [-0.15, -0.1) is 0 Å². The van der Waals surface area contributed by atoms with Gasteiger partial charge < -0.3 is 15.1 Å². The number of piperidine rings is 1. The van der Waals surface area contributed by atoms with Gasteiger partial charge in [-0.3, -0.25) is 4.79 Å². The average Bonchev–Trinajstić information content (AvgIpc) is 2.37. The summed E-state index contributed by atoms with van der Waals surface area (Å²) in [5.41, 5.74) is 0. The van der Waals surface area contributed by atoms with Gasteiger partial charge in [0.1, 0.15) is 0 Å². The highest BCUT2D eigenvalue weighted by Crippen LogP contribution is 2.17. The van der Waals surface area contributed by atoms with Crippen molar-refractivity contribution in [3.63, 3.8) is 0 Å². The van der Waals surface area contributed by atoms with Crippen LogP contribution < -0.4 is 5.32 Å². The minimum absolute atomic E-state index is 0.0845. The molecule has 1 fully saturated rings. The number of amides is 1. The summed E-state index contributed by atoms with van der Waals surface area (Å²) in [7, 11) is 4.12. The number of carbonyl (C=O) groups excluding carboxylic acids is 1. The number of nitrogens with one attached hydrogen (secondary N) is 1. The van der Waals surface area contributed by atoms with Gasteiger partial charge in [0.15, 0.2) is 0 Å². The van der Waals surface area contributed by atoms with Crippen molar-refractivity contribution >= 4 is 5.91 Å². The Balaban J connectivity index is 2.30. The third-order valence-corrected chi connectivity index (χ3v) is 3.87. The lowest BCUT2D eigenvalue weighted by Gasteiger charge is -2.32. The molecule has 1 unspecified atom stereocenters. The first kappa shape index (κ1) is 15.4. The van der Waals surface area contributed by atoms with E-state index in [1.807, 2.05) is 18.9 Å². The Bertz CT molecular complexity index is 249. The quantitative estimate of drug-likeness (QED) is 0.770. The molecule has 0 bridgehead atoms. The molecule has 1 N–H and O–H groups in total. The van der Waals surface area contributed by atoms with Crippen LogP contribution in [0, 0.1) is 11.8 Å². The molecule has 0 aromatic heterocycles. The minimum Gasteiger partial charge on any atom is -0.345 e. The first-order valence-corrected chi connectivity index (χ1v) is 7.18. The third-order valence-electron chi connectivity index (χ3n) is 3.87. The van der Waals surface area contributed by atoms with E-state index in [4.69, 9.17) is 0 Å². The first-order valence-electron chi connectivity index (χ1n) is 7.18. The molecule has 4 nitrogen and oxygen atoms in total. The summed E-state index contributed by atoms with van der Waals surface area (Å²) >= 11 is 0. The van der Waals surface area contributed by atoms with Crippen LogP contribution >= 0.6 is 0 Å². The highest BCUT2D eigenvalue weighted by Gasteiger charge is 2.22. The van der Waals surface area contributed by atoms with Gasteiger partial charge in [0.25, 0.3) is 0 Å². The van der Waals surface area contributed by atoms with Gasteiger partial charge >= 0.3 is 0 Å². The molecule has 106 valence electrons. The molecule has 18 heavy (non-hydrogen) atoms. The van der Waals surface area contributed by atoms with Crippen molar-refractivity contribution in [2.24, 2.45) is 11.8 Å². The molecule has 1 atom stereocenters. The zero-order valence-corrected chi connectivity index (χ0v) is 12.4. The lowest BCUT2D eigenvalue weighted by atomic mass is 9.96. The van der Waals surface area contributed by atoms with E-state index in [9.17, 15) is 4.79 Å². The van der Waals surface area contributed by atoms with Crippen molar-refractivity contribution in [2.75, 3.05) is 46.8 Å². The zero-order chi connectivity index (χ0) is 13.5.